The number of anilines is 1. The standard InChI is InChI=1S/C23H18BrNO5S/c1-15-22(23(26)29-14-16-5-3-2-4-6-16)20-13-18(9-12-21(20)30-15)25-31(27,28)19-10-7-17(24)8-11-19/h2-13,25H,14H2,1H3. The average molecular weight is 500 g/mol. The van der Waals surface area contributed by atoms with Gasteiger partial charge in [-0.1, -0.05) is 46.3 Å². The largest absolute Gasteiger partial charge is 0.460 e. The van der Waals surface area contributed by atoms with E-state index in [4.69, 9.17) is 9.15 Å². The number of rotatable bonds is 6. The van der Waals surface area contributed by atoms with Crippen molar-refractivity contribution in [3.63, 3.8) is 0 Å². The molecular weight excluding hydrogens is 482 g/mol. The molecule has 0 aliphatic carbocycles. The molecule has 0 unspecified atom stereocenters. The molecule has 0 atom stereocenters. The van der Waals surface area contributed by atoms with E-state index in [0.29, 0.717) is 22.4 Å². The van der Waals surface area contributed by atoms with Crippen LogP contribution in [0.25, 0.3) is 11.0 Å². The molecule has 4 aromatic rings. The van der Waals surface area contributed by atoms with E-state index in [1.165, 1.54) is 12.1 Å². The van der Waals surface area contributed by atoms with Crippen molar-refractivity contribution < 1.29 is 22.4 Å². The van der Waals surface area contributed by atoms with Gasteiger partial charge in [0.2, 0.25) is 0 Å². The Morgan fingerprint density at radius 2 is 1.74 bits per heavy atom. The number of carbonyl (C=O) groups is 1. The second-order valence-electron chi connectivity index (χ2n) is 6.87. The Hall–Kier alpha value is -3.10. The van der Waals surface area contributed by atoms with E-state index in [1.807, 2.05) is 30.3 Å². The zero-order valence-corrected chi connectivity index (χ0v) is 18.9. The maximum absolute atomic E-state index is 12.7. The first-order chi connectivity index (χ1) is 14.8. The number of nitrogens with one attached hydrogen (secondary N) is 1. The quantitative estimate of drug-likeness (QED) is 0.345. The Kier molecular flexibility index (Phi) is 5.84. The van der Waals surface area contributed by atoms with Crippen molar-refractivity contribution in [2.75, 3.05) is 4.72 Å². The Balaban J connectivity index is 1.61. The van der Waals surface area contributed by atoms with Crippen molar-refractivity contribution in [1.29, 1.82) is 0 Å². The maximum atomic E-state index is 12.7. The molecule has 31 heavy (non-hydrogen) atoms. The molecule has 0 spiro atoms. The molecule has 0 amide bonds. The summed E-state index contributed by atoms with van der Waals surface area (Å²) in [5, 5.41) is 0.478. The first kappa shape index (κ1) is 21.1. The minimum Gasteiger partial charge on any atom is -0.460 e. The number of benzene rings is 3. The van der Waals surface area contributed by atoms with Crippen molar-refractivity contribution in [2.24, 2.45) is 0 Å². The number of ether oxygens (including phenoxy) is 1. The van der Waals surface area contributed by atoms with Crippen molar-refractivity contribution in [3.05, 3.63) is 94.2 Å². The normalized spacial score (nSPS) is 11.4. The van der Waals surface area contributed by atoms with Gasteiger partial charge in [-0.3, -0.25) is 4.72 Å². The van der Waals surface area contributed by atoms with Crippen LogP contribution in [0, 0.1) is 6.92 Å². The lowest BCUT2D eigenvalue weighted by Gasteiger charge is -2.09. The van der Waals surface area contributed by atoms with Crippen molar-refractivity contribution >= 4 is 48.6 Å². The van der Waals surface area contributed by atoms with Gasteiger partial charge in [-0.25, -0.2) is 13.2 Å². The van der Waals surface area contributed by atoms with Crippen molar-refractivity contribution in [2.45, 2.75) is 18.4 Å². The maximum Gasteiger partial charge on any atom is 0.342 e. The van der Waals surface area contributed by atoms with E-state index in [-0.39, 0.29) is 17.1 Å². The molecule has 0 aliphatic rings. The first-order valence-electron chi connectivity index (χ1n) is 9.36. The molecular formula is C23H18BrNO5S. The zero-order chi connectivity index (χ0) is 22.0. The van der Waals surface area contributed by atoms with Crippen molar-refractivity contribution in [3.8, 4) is 0 Å². The van der Waals surface area contributed by atoms with Gasteiger partial charge in [0.25, 0.3) is 10.0 Å². The van der Waals surface area contributed by atoms with Crippen LogP contribution in [-0.2, 0) is 21.4 Å². The number of furan rings is 1. The second-order valence-corrected chi connectivity index (χ2v) is 9.46. The number of hydrogen-bond acceptors (Lipinski definition) is 5. The third kappa shape index (κ3) is 4.65. The molecule has 0 saturated heterocycles. The van der Waals surface area contributed by atoms with Crippen LogP contribution in [0.3, 0.4) is 0 Å². The van der Waals surface area contributed by atoms with Crippen LogP contribution in [-0.4, -0.2) is 14.4 Å². The predicted octanol–water partition coefficient (Wildman–Crippen LogP) is 5.66. The number of fused-ring (bicyclic) bond motifs is 1. The molecule has 6 nitrogen and oxygen atoms in total. The Labute approximate surface area is 188 Å². The summed E-state index contributed by atoms with van der Waals surface area (Å²) in [6.07, 6.45) is 0. The molecule has 158 valence electrons. The lowest BCUT2D eigenvalue weighted by molar-refractivity contribution is 0.0473. The lowest BCUT2D eigenvalue weighted by Crippen LogP contribution is -2.12. The monoisotopic (exact) mass is 499 g/mol. The fraction of sp³-hybridized carbons (Fsp3) is 0.0870. The Morgan fingerprint density at radius 3 is 2.45 bits per heavy atom. The van der Waals surface area contributed by atoms with Gasteiger partial charge in [0.15, 0.2) is 0 Å². The van der Waals surface area contributed by atoms with E-state index in [0.717, 1.165) is 10.0 Å². The van der Waals surface area contributed by atoms with Crippen LogP contribution < -0.4 is 4.72 Å². The summed E-state index contributed by atoms with van der Waals surface area (Å²) in [6.45, 7) is 1.80. The number of esters is 1. The molecule has 0 fully saturated rings. The minimum absolute atomic E-state index is 0.127. The topological polar surface area (TPSA) is 85.6 Å². The molecule has 1 N–H and O–H groups in total. The van der Waals surface area contributed by atoms with Crippen LogP contribution >= 0.6 is 15.9 Å². The van der Waals surface area contributed by atoms with Gasteiger partial charge < -0.3 is 9.15 Å². The summed E-state index contributed by atoms with van der Waals surface area (Å²) in [6, 6.07) is 20.4. The number of halogens is 1. The average Bonchev–Trinajstić information content (AvgIpc) is 3.08. The first-order valence-corrected chi connectivity index (χ1v) is 11.6. The Bertz CT molecular complexity index is 1350. The second kappa shape index (κ2) is 8.56. The van der Waals surface area contributed by atoms with Crippen LogP contribution in [0.15, 0.2) is 86.6 Å². The smallest absolute Gasteiger partial charge is 0.342 e. The summed E-state index contributed by atoms with van der Waals surface area (Å²) < 4.78 is 39.8. The van der Waals surface area contributed by atoms with Gasteiger partial charge in [0.1, 0.15) is 23.5 Å². The predicted molar refractivity (Wildman–Crippen MR) is 121 cm³/mol. The third-order valence-electron chi connectivity index (χ3n) is 4.66. The molecule has 1 aromatic heterocycles. The SMILES string of the molecule is Cc1oc2ccc(NS(=O)(=O)c3ccc(Br)cc3)cc2c1C(=O)OCc1ccccc1. The highest BCUT2D eigenvalue weighted by Gasteiger charge is 2.21. The molecule has 0 saturated carbocycles. The number of hydrogen-bond donors (Lipinski definition) is 1. The van der Waals surface area contributed by atoms with E-state index in [9.17, 15) is 13.2 Å². The zero-order valence-electron chi connectivity index (χ0n) is 16.5. The van der Waals surface area contributed by atoms with E-state index in [2.05, 4.69) is 20.7 Å². The van der Waals surface area contributed by atoms with Crippen LogP contribution in [0.4, 0.5) is 5.69 Å². The molecule has 8 heteroatoms. The summed E-state index contributed by atoms with van der Waals surface area (Å²) in [5.41, 5.74) is 1.92. The molecule has 0 aliphatic heterocycles. The van der Waals surface area contributed by atoms with E-state index < -0.39 is 16.0 Å². The molecule has 0 bridgehead atoms. The number of carbonyl (C=O) groups excluding carboxylic acids is 1. The Morgan fingerprint density at radius 1 is 1.03 bits per heavy atom. The van der Waals surface area contributed by atoms with Crippen LogP contribution in [0.2, 0.25) is 0 Å². The third-order valence-corrected chi connectivity index (χ3v) is 6.58. The van der Waals surface area contributed by atoms with Gasteiger partial charge in [0, 0.05) is 15.5 Å². The number of aryl methyl sites for hydroxylation is 1. The van der Waals surface area contributed by atoms with Crippen molar-refractivity contribution in [1.82, 2.24) is 0 Å². The fourth-order valence-corrected chi connectivity index (χ4v) is 4.47. The van der Waals surface area contributed by atoms with E-state index in [1.54, 1.807) is 37.3 Å². The molecule has 0 radical (unpaired) electrons. The highest BCUT2D eigenvalue weighted by molar-refractivity contribution is 9.10. The summed E-state index contributed by atoms with van der Waals surface area (Å²) in [7, 11) is -3.79. The van der Waals surface area contributed by atoms with Gasteiger partial charge in [-0.2, -0.15) is 0 Å². The lowest BCUT2D eigenvalue weighted by atomic mass is 10.1. The van der Waals surface area contributed by atoms with Gasteiger partial charge in [-0.15, -0.1) is 0 Å². The number of sulfonamides is 1. The highest BCUT2D eigenvalue weighted by Crippen LogP contribution is 2.30. The summed E-state index contributed by atoms with van der Waals surface area (Å²) >= 11 is 3.29. The molecule has 4 rings (SSSR count). The molecule has 3 aromatic carbocycles. The summed E-state index contributed by atoms with van der Waals surface area (Å²) in [5.74, 6) is -0.131. The summed E-state index contributed by atoms with van der Waals surface area (Å²) in [4.78, 5) is 12.9. The van der Waals surface area contributed by atoms with Crippen LogP contribution in [0.1, 0.15) is 21.7 Å². The fourth-order valence-electron chi connectivity index (χ4n) is 3.16. The van der Waals surface area contributed by atoms with Crippen LogP contribution in [0.5, 0.6) is 0 Å². The minimum atomic E-state index is -3.79. The van der Waals surface area contributed by atoms with Gasteiger partial charge in [-0.05, 0) is 55.0 Å². The molecule has 1 heterocycles. The van der Waals surface area contributed by atoms with E-state index >= 15 is 0 Å². The van der Waals surface area contributed by atoms with Gasteiger partial charge in [0.05, 0.1) is 4.90 Å². The van der Waals surface area contributed by atoms with Gasteiger partial charge >= 0.3 is 5.97 Å². The highest BCUT2D eigenvalue weighted by atomic mass is 79.9.